The third-order valence-electron chi connectivity index (χ3n) is 5.20. The van der Waals surface area contributed by atoms with Crippen LogP contribution in [0.3, 0.4) is 0 Å². The molecule has 9 heteroatoms. The Morgan fingerprint density at radius 2 is 1.67 bits per heavy atom. The van der Waals surface area contributed by atoms with Crippen molar-refractivity contribution in [2.24, 2.45) is 0 Å². The third-order valence-corrected chi connectivity index (χ3v) is 5.20. The van der Waals surface area contributed by atoms with Gasteiger partial charge in [0.15, 0.2) is 17.4 Å². The van der Waals surface area contributed by atoms with Gasteiger partial charge in [0.1, 0.15) is 11.5 Å². The monoisotopic (exact) mass is 447 g/mol. The molecule has 5 aromatic rings. The fraction of sp³-hybridized carbons (Fsp3) is 0.0417. The molecular weight excluding hydrogens is 431 g/mol. The fourth-order valence-corrected chi connectivity index (χ4v) is 3.42. The molecule has 0 spiro atoms. The van der Waals surface area contributed by atoms with Crippen LogP contribution in [0.5, 0.6) is 5.75 Å². The minimum Gasteiger partial charge on any atom is -0.503 e. The number of nitrogens with zero attached hydrogens (tertiary/aromatic N) is 4. The minimum absolute atomic E-state index is 0.0687. The number of aromatic nitrogens is 4. The summed E-state index contributed by atoms with van der Waals surface area (Å²) in [6, 6.07) is 16.0. The summed E-state index contributed by atoms with van der Waals surface area (Å²) in [6.07, 6.45) is 1.48. The number of aromatic hydroxyl groups is 1. The molecule has 5 rings (SSSR count). The second-order valence-corrected chi connectivity index (χ2v) is 7.46. The topological polar surface area (TPSA) is 75.9 Å². The summed E-state index contributed by atoms with van der Waals surface area (Å²) < 4.78 is 42.4. The number of phenols is 1. The van der Waals surface area contributed by atoms with Crippen LogP contribution in [-0.2, 0) is 0 Å². The van der Waals surface area contributed by atoms with Crippen LogP contribution in [0.2, 0.25) is 0 Å². The summed E-state index contributed by atoms with van der Waals surface area (Å²) >= 11 is 0. The van der Waals surface area contributed by atoms with E-state index in [1.54, 1.807) is 25.1 Å². The molecule has 0 amide bonds. The highest BCUT2D eigenvalue weighted by Crippen LogP contribution is 2.29. The Labute approximate surface area is 186 Å². The van der Waals surface area contributed by atoms with E-state index in [0.717, 1.165) is 23.2 Å². The van der Waals surface area contributed by atoms with Gasteiger partial charge in [-0.1, -0.05) is 17.3 Å². The largest absolute Gasteiger partial charge is 0.503 e. The van der Waals surface area contributed by atoms with Crippen LogP contribution in [0.25, 0.3) is 28.0 Å². The van der Waals surface area contributed by atoms with Gasteiger partial charge in [0.05, 0.1) is 23.1 Å². The summed E-state index contributed by atoms with van der Waals surface area (Å²) in [5.74, 6) is -3.54. The van der Waals surface area contributed by atoms with E-state index in [4.69, 9.17) is 0 Å². The number of fused-ring (bicyclic) bond motifs is 1. The summed E-state index contributed by atoms with van der Waals surface area (Å²) in [5, 5.41) is 21.3. The molecule has 0 fully saturated rings. The Morgan fingerprint density at radius 1 is 0.879 bits per heavy atom. The number of hydrogen-bond donors (Lipinski definition) is 2. The van der Waals surface area contributed by atoms with Crippen LogP contribution in [-0.4, -0.2) is 25.1 Å². The number of hydrogen-bond acceptors (Lipinski definition) is 5. The van der Waals surface area contributed by atoms with Crippen molar-refractivity contribution in [3.8, 4) is 22.8 Å². The minimum atomic E-state index is -1.10. The molecule has 0 atom stereocenters. The Kier molecular flexibility index (Phi) is 4.93. The summed E-state index contributed by atoms with van der Waals surface area (Å²) in [7, 11) is 0. The SMILES string of the molecule is Cc1ccc(Nc2cccc3nc(-c4cn(-c5cc(F)c(O)c(F)c5)nn4)ccc23)cc1F. The number of rotatable bonds is 4. The quantitative estimate of drug-likeness (QED) is 0.372. The van der Waals surface area contributed by atoms with E-state index in [1.807, 2.05) is 24.3 Å². The maximum Gasteiger partial charge on any atom is 0.187 e. The van der Waals surface area contributed by atoms with Gasteiger partial charge in [-0.25, -0.2) is 22.8 Å². The number of aryl methyl sites for hydroxylation is 1. The predicted octanol–water partition coefficient (Wildman–Crippen LogP) is 5.66. The Hall–Kier alpha value is -4.40. The van der Waals surface area contributed by atoms with Crippen LogP contribution in [0.1, 0.15) is 5.56 Å². The van der Waals surface area contributed by atoms with Crippen molar-refractivity contribution in [2.45, 2.75) is 6.92 Å². The van der Waals surface area contributed by atoms with Crippen LogP contribution in [0.15, 0.2) is 66.9 Å². The van der Waals surface area contributed by atoms with Gasteiger partial charge >= 0.3 is 0 Å². The maximum atomic E-state index is 13.9. The molecule has 0 saturated carbocycles. The fourth-order valence-electron chi connectivity index (χ4n) is 3.42. The van der Waals surface area contributed by atoms with Crippen LogP contribution >= 0.6 is 0 Å². The van der Waals surface area contributed by atoms with Crippen molar-refractivity contribution < 1.29 is 18.3 Å². The number of halogens is 3. The number of phenolic OH excluding ortho intramolecular Hbond substituents is 1. The summed E-state index contributed by atoms with van der Waals surface area (Å²) in [5.41, 5.74) is 3.58. The molecule has 0 radical (unpaired) electrons. The van der Waals surface area contributed by atoms with E-state index in [0.29, 0.717) is 28.2 Å². The van der Waals surface area contributed by atoms with E-state index >= 15 is 0 Å². The van der Waals surface area contributed by atoms with Crippen molar-refractivity contribution in [3.63, 3.8) is 0 Å². The van der Waals surface area contributed by atoms with Gasteiger partial charge in [-0.05, 0) is 48.9 Å². The molecule has 2 N–H and O–H groups in total. The molecule has 6 nitrogen and oxygen atoms in total. The highest BCUT2D eigenvalue weighted by atomic mass is 19.1. The van der Waals surface area contributed by atoms with E-state index in [2.05, 4.69) is 20.6 Å². The lowest BCUT2D eigenvalue weighted by molar-refractivity contribution is 0.395. The van der Waals surface area contributed by atoms with Gasteiger partial charge in [-0.3, -0.25) is 0 Å². The Morgan fingerprint density at radius 3 is 2.42 bits per heavy atom. The van der Waals surface area contributed by atoms with Gasteiger partial charge < -0.3 is 10.4 Å². The Balaban J connectivity index is 1.48. The zero-order chi connectivity index (χ0) is 23.1. The van der Waals surface area contributed by atoms with Crippen molar-refractivity contribution in [2.75, 3.05) is 5.32 Å². The molecule has 33 heavy (non-hydrogen) atoms. The second-order valence-electron chi connectivity index (χ2n) is 7.46. The number of anilines is 2. The highest BCUT2D eigenvalue weighted by molar-refractivity contribution is 5.94. The molecular formula is C24H16F3N5O. The lowest BCUT2D eigenvalue weighted by Crippen LogP contribution is -1.97. The van der Waals surface area contributed by atoms with Gasteiger partial charge in [0.25, 0.3) is 0 Å². The predicted molar refractivity (Wildman–Crippen MR) is 118 cm³/mol. The number of benzene rings is 3. The molecule has 2 aromatic heterocycles. The van der Waals surface area contributed by atoms with Gasteiger partial charge in [-0.2, -0.15) is 0 Å². The molecule has 0 aliphatic heterocycles. The first-order chi connectivity index (χ1) is 15.9. The highest BCUT2D eigenvalue weighted by Gasteiger charge is 2.14. The van der Waals surface area contributed by atoms with Crippen LogP contribution < -0.4 is 5.32 Å². The van der Waals surface area contributed by atoms with Gasteiger partial charge in [-0.15, -0.1) is 5.10 Å². The van der Waals surface area contributed by atoms with E-state index in [1.165, 1.54) is 16.9 Å². The van der Waals surface area contributed by atoms with E-state index in [9.17, 15) is 18.3 Å². The van der Waals surface area contributed by atoms with Crippen molar-refractivity contribution in [3.05, 3.63) is 89.9 Å². The zero-order valence-electron chi connectivity index (χ0n) is 17.2. The van der Waals surface area contributed by atoms with Crippen LogP contribution in [0.4, 0.5) is 24.5 Å². The third kappa shape index (κ3) is 3.84. The van der Waals surface area contributed by atoms with Crippen molar-refractivity contribution in [1.82, 2.24) is 20.0 Å². The molecule has 0 aliphatic rings. The van der Waals surface area contributed by atoms with Crippen molar-refractivity contribution >= 4 is 22.3 Å². The van der Waals surface area contributed by atoms with E-state index < -0.39 is 17.4 Å². The molecule has 164 valence electrons. The first-order valence-corrected chi connectivity index (χ1v) is 9.93. The molecule has 0 unspecified atom stereocenters. The van der Waals surface area contributed by atoms with Crippen LogP contribution in [0, 0.1) is 24.4 Å². The van der Waals surface area contributed by atoms with Gasteiger partial charge in [0, 0.05) is 28.9 Å². The molecule has 0 saturated heterocycles. The normalized spacial score (nSPS) is 11.2. The average Bonchev–Trinajstić information content (AvgIpc) is 3.30. The first-order valence-electron chi connectivity index (χ1n) is 9.93. The molecule has 0 aliphatic carbocycles. The summed E-state index contributed by atoms with van der Waals surface area (Å²) in [6.45, 7) is 1.70. The zero-order valence-corrected chi connectivity index (χ0v) is 17.2. The number of pyridine rings is 1. The van der Waals surface area contributed by atoms with Gasteiger partial charge in [0.2, 0.25) is 0 Å². The molecule has 2 heterocycles. The molecule has 0 bridgehead atoms. The lowest BCUT2D eigenvalue weighted by atomic mass is 10.1. The average molecular weight is 447 g/mol. The standard InChI is InChI=1S/C24H16F3N5O/c1-13-5-6-14(9-17(13)25)28-20-3-2-4-21-16(20)7-8-22(29-21)23-12-32(31-30-23)15-10-18(26)24(33)19(27)11-15/h2-12,28,33H,1H3. The smallest absolute Gasteiger partial charge is 0.187 e. The second kappa shape index (κ2) is 7.94. The summed E-state index contributed by atoms with van der Waals surface area (Å²) in [4.78, 5) is 4.62. The number of nitrogens with one attached hydrogen (secondary N) is 1. The lowest BCUT2D eigenvalue weighted by Gasteiger charge is -2.11. The maximum absolute atomic E-state index is 13.9. The van der Waals surface area contributed by atoms with Crippen molar-refractivity contribution in [1.29, 1.82) is 0 Å². The first kappa shape index (κ1) is 20.5. The molecule has 3 aromatic carbocycles. The Bertz CT molecular complexity index is 1490. The van der Waals surface area contributed by atoms with E-state index in [-0.39, 0.29) is 11.5 Å².